The van der Waals surface area contributed by atoms with Crippen LogP contribution in [-0.2, 0) is 10.2 Å². The van der Waals surface area contributed by atoms with E-state index >= 15 is 0 Å². The highest BCUT2D eigenvalue weighted by Gasteiger charge is 2.46. The third kappa shape index (κ3) is 2.76. The average molecular weight is 353 g/mol. The normalized spacial score (nSPS) is 24.1. The molecule has 1 atom stereocenters. The van der Waals surface area contributed by atoms with Gasteiger partial charge in [0.25, 0.3) is 0 Å². The Labute approximate surface area is 134 Å². The summed E-state index contributed by atoms with van der Waals surface area (Å²) < 4.78 is 6.58. The largest absolute Gasteiger partial charge is 0.444 e. The van der Waals surface area contributed by atoms with Crippen molar-refractivity contribution in [2.24, 2.45) is 0 Å². The number of benzene rings is 1. The van der Waals surface area contributed by atoms with Crippen LogP contribution in [0.25, 0.3) is 0 Å². The topological polar surface area (TPSA) is 41.6 Å². The number of carbonyl (C=O) groups is 1. The van der Waals surface area contributed by atoms with Crippen molar-refractivity contribution in [3.05, 3.63) is 28.2 Å². The lowest BCUT2D eigenvalue weighted by Crippen LogP contribution is -2.38. The molecule has 1 saturated heterocycles. The monoisotopic (exact) mass is 352 g/mol. The number of anilines is 1. The molecule has 114 valence electrons. The van der Waals surface area contributed by atoms with Crippen LogP contribution in [-0.4, -0.2) is 36.2 Å². The predicted molar refractivity (Wildman–Crippen MR) is 86.7 cm³/mol. The van der Waals surface area contributed by atoms with E-state index in [9.17, 15) is 4.79 Å². The Balaban J connectivity index is 1.79. The minimum Gasteiger partial charge on any atom is -0.444 e. The smallest absolute Gasteiger partial charge is 0.410 e. The quantitative estimate of drug-likeness (QED) is 0.772. The van der Waals surface area contributed by atoms with Crippen LogP contribution in [0.5, 0.6) is 0 Å². The van der Waals surface area contributed by atoms with Crippen molar-refractivity contribution in [2.75, 3.05) is 25.0 Å². The number of halogens is 1. The van der Waals surface area contributed by atoms with Gasteiger partial charge in [0.05, 0.1) is 0 Å². The van der Waals surface area contributed by atoms with Gasteiger partial charge in [-0.25, -0.2) is 4.79 Å². The van der Waals surface area contributed by atoms with Crippen molar-refractivity contribution in [1.29, 1.82) is 0 Å². The summed E-state index contributed by atoms with van der Waals surface area (Å²) in [4.78, 5) is 14.1. The molecule has 0 aromatic heterocycles. The molecule has 3 rings (SSSR count). The Hall–Kier alpha value is -1.23. The average Bonchev–Trinajstić information content (AvgIpc) is 2.95. The molecule has 21 heavy (non-hydrogen) atoms. The SMILES string of the molecule is CC(C)(C)OC(=O)N1CC[C@@]2(CNc3ccc(Br)cc32)C1. The molecule has 4 nitrogen and oxygen atoms in total. The van der Waals surface area contributed by atoms with Gasteiger partial charge >= 0.3 is 6.09 Å². The van der Waals surface area contributed by atoms with Gasteiger partial charge in [-0.2, -0.15) is 0 Å². The van der Waals surface area contributed by atoms with E-state index < -0.39 is 5.60 Å². The van der Waals surface area contributed by atoms with Gasteiger partial charge in [-0.05, 0) is 51.0 Å². The molecular formula is C16H21BrN2O2. The summed E-state index contributed by atoms with van der Waals surface area (Å²) in [5, 5.41) is 3.47. The molecule has 1 spiro atoms. The molecule has 1 N–H and O–H groups in total. The lowest BCUT2D eigenvalue weighted by Gasteiger charge is -2.27. The van der Waals surface area contributed by atoms with Crippen molar-refractivity contribution in [3.63, 3.8) is 0 Å². The summed E-state index contributed by atoms with van der Waals surface area (Å²) in [5.74, 6) is 0. The number of hydrogen-bond donors (Lipinski definition) is 1. The first-order valence-corrected chi connectivity index (χ1v) is 8.10. The Bertz CT molecular complexity index is 582. The minimum atomic E-state index is -0.443. The zero-order valence-corrected chi connectivity index (χ0v) is 14.3. The van der Waals surface area contributed by atoms with E-state index in [1.54, 1.807) is 0 Å². The lowest BCUT2D eigenvalue weighted by molar-refractivity contribution is 0.0285. The fraction of sp³-hybridized carbons (Fsp3) is 0.562. The number of ether oxygens (including phenoxy) is 1. The second kappa shape index (κ2) is 4.90. The van der Waals surface area contributed by atoms with E-state index in [0.29, 0.717) is 0 Å². The third-order valence-electron chi connectivity index (χ3n) is 4.18. The number of nitrogens with one attached hydrogen (secondary N) is 1. The Morgan fingerprint density at radius 1 is 1.43 bits per heavy atom. The number of rotatable bonds is 0. The Morgan fingerprint density at radius 2 is 2.19 bits per heavy atom. The second-order valence-corrected chi connectivity index (χ2v) is 7.89. The molecule has 0 aliphatic carbocycles. The van der Waals surface area contributed by atoms with Gasteiger partial charge in [0.2, 0.25) is 0 Å². The van der Waals surface area contributed by atoms with Crippen LogP contribution in [0.15, 0.2) is 22.7 Å². The number of fused-ring (bicyclic) bond motifs is 2. The van der Waals surface area contributed by atoms with Gasteiger partial charge in [-0.1, -0.05) is 15.9 Å². The third-order valence-corrected chi connectivity index (χ3v) is 4.67. The molecule has 1 aromatic carbocycles. The molecule has 2 aliphatic heterocycles. The van der Waals surface area contributed by atoms with E-state index in [0.717, 1.165) is 30.5 Å². The summed E-state index contributed by atoms with van der Waals surface area (Å²) in [6, 6.07) is 6.32. The van der Waals surface area contributed by atoms with E-state index in [1.165, 1.54) is 11.3 Å². The summed E-state index contributed by atoms with van der Waals surface area (Å²) in [6.07, 6.45) is 0.769. The summed E-state index contributed by atoms with van der Waals surface area (Å²) in [6.45, 7) is 8.07. The summed E-state index contributed by atoms with van der Waals surface area (Å²) in [5.41, 5.74) is 2.07. The van der Waals surface area contributed by atoms with Crippen LogP contribution in [0.1, 0.15) is 32.8 Å². The zero-order valence-electron chi connectivity index (χ0n) is 12.7. The minimum absolute atomic E-state index is 0.0238. The fourth-order valence-corrected chi connectivity index (χ4v) is 3.55. The van der Waals surface area contributed by atoms with Crippen LogP contribution in [0.3, 0.4) is 0 Å². The molecule has 0 bridgehead atoms. The van der Waals surface area contributed by atoms with E-state index in [-0.39, 0.29) is 11.5 Å². The molecular weight excluding hydrogens is 332 g/mol. The first-order valence-electron chi connectivity index (χ1n) is 7.31. The van der Waals surface area contributed by atoms with E-state index in [2.05, 4.69) is 33.4 Å². The van der Waals surface area contributed by atoms with Crippen molar-refractivity contribution in [3.8, 4) is 0 Å². The van der Waals surface area contributed by atoms with Gasteiger partial charge in [-0.15, -0.1) is 0 Å². The number of likely N-dealkylation sites (tertiary alicyclic amines) is 1. The van der Waals surface area contributed by atoms with Crippen LogP contribution in [0.2, 0.25) is 0 Å². The van der Waals surface area contributed by atoms with Gasteiger partial charge in [0.1, 0.15) is 5.60 Å². The zero-order chi connectivity index (χ0) is 15.3. The van der Waals surface area contributed by atoms with Crippen LogP contribution in [0, 0.1) is 0 Å². The molecule has 0 saturated carbocycles. The van der Waals surface area contributed by atoms with Gasteiger partial charge in [0, 0.05) is 35.2 Å². The molecule has 5 heteroatoms. The molecule has 1 fully saturated rings. The molecule has 2 heterocycles. The first-order chi connectivity index (χ1) is 9.79. The van der Waals surface area contributed by atoms with Crippen molar-refractivity contribution in [1.82, 2.24) is 4.90 Å². The van der Waals surface area contributed by atoms with Gasteiger partial charge < -0.3 is 15.0 Å². The van der Waals surface area contributed by atoms with E-state index in [4.69, 9.17) is 4.74 Å². The molecule has 2 aliphatic rings. The van der Waals surface area contributed by atoms with Crippen LogP contribution >= 0.6 is 15.9 Å². The van der Waals surface area contributed by atoms with Crippen molar-refractivity contribution < 1.29 is 9.53 Å². The van der Waals surface area contributed by atoms with Gasteiger partial charge in [-0.3, -0.25) is 0 Å². The highest BCUT2D eigenvalue weighted by atomic mass is 79.9. The van der Waals surface area contributed by atoms with E-state index in [1.807, 2.05) is 31.7 Å². The molecule has 1 amide bonds. The Morgan fingerprint density at radius 3 is 2.90 bits per heavy atom. The maximum atomic E-state index is 12.3. The molecule has 0 radical (unpaired) electrons. The lowest BCUT2D eigenvalue weighted by atomic mass is 9.82. The number of hydrogen-bond acceptors (Lipinski definition) is 3. The number of carbonyl (C=O) groups excluding carboxylic acids is 1. The summed E-state index contributed by atoms with van der Waals surface area (Å²) in [7, 11) is 0. The maximum absolute atomic E-state index is 12.3. The van der Waals surface area contributed by atoms with Crippen LogP contribution in [0.4, 0.5) is 10.5 Å². The maximum Gasteiger partial charge on any atom is 0.410 e. The predicted octanol–water partition coefficient (Wildman–Crippen LogP) is 3.75. The second-order valence-electron chi connectivity index (χ2n) is 6.98. The first kappa shape index (κ1) is 14.7. The Kier molecular flexibility index (Phi) is 3.43. The molecule has 1 aromatic rings. The fourth-order valence-electron chi connectivity index (χ4n) is 3.19. The van der Waals surface area contributed by atoms with Gasteiger partial charge in [0.15, 0.2) is 0 Å². The van der Waals surface area contributed by atoms with Crippen molar-refractivity contribution in [2.45, 2.75) is 38.2 Å². The number of nitrogens with zero attached hydrogens (tertiary/aromatic N) is 1. The standard InChI is InChI=1S/C16H21BrN2O2/c1-15(2,3)21-14(20)19-7-6-16(10-19)9-18-13-5-4-11(17)8-12(13)16/h4-5,8,18H,6-7,9-10H2,1-3H3/t16-/m1/s1. The number of amides is 1. The summed E-state index contributed by atoms with van der Waals surface area (Å²) >= 11 is 3.55. The van der Waals surface area contributed by atoms with Crippen LogP contribution < -0.4 is 5.32 Å². The molecule has 0 unspecified atom stereocenters. The highest BCUT2D eigenvalue weighted by molar-refractivity contribution is 9.10. The highest BCUT2D eigenvalue weighted by Crippen LogP contribution is 2.44. The van der Waals surface area contributed by atoms with Crippen molar-refractivity contribution >= 4 is 27.7 Å².